The second kappa shape index (κ2) is 9.44. The van der Waals surface area contributed by atoms with Crippen molar-refractivity contribution < 1.29 is 9.47 Å². The molecule has 2 aromatic heterocycles. The summed E-state index contributed by atoms with van der Waals surface area (Å²) in [6.07, 6.45) is 1.86. The molecule has 0 amide bonds. The highest BCUT2D eigenvalue weighted by Crippen LogP contribution is 2.35. The fraction of sp³-hybridized carbons (Fsp3) is 0.115. The van der Waals surface area contributed by atoms with Gasteiger partial charge in [0.2, 0.25) is 0 Å². The molecule has 34 heavy (non-hydrogen) atoms. The molecule has 0 radical (unpaired) electrons. The third-order valence-corrected chi connectivity index (χ3v) is 7.05. The number of nitrogens with zero attached hydrogens (tertiary/aromatic N) is 3. The second-order valence-corrected chi connectivity index (χ2v) is 9.63. The van der Waals surface area contributed by atoms with Gasteiger partial charge in [0.1, 0.15) is 6.61 Å². The van der Waals surface area contributed by atoms with Crippen molar-refractivity contribution in [2.75, 3.05) is 6.61 Å². The fourth-order valence-electron chi connectivity index (χ4n) is 3.74. The van der Waals surface area contributed by atoms with Crippen LogP contribution in [0.1, 0.15) is 23.6 Å². The van der Waals surface area contributed by atoms with Crippen LogP contribution in [-0.2, 0) is 6.61 Å². The summed E-state index contributed by atoms with van der Waals surface area (Å²) in [7, 11) is 0. The lowest BCUT2D eigenvalue weighted by Gasteiger charge is -2.15. The summed E-state index contributed by atoms with van der Waals surface area (Å²) in [4.78, 5) is 18.4. The lowest BCUT2D eigenvalue weighted by atomic mass is 10.1. The smallest absolute Gasteiger partial charge is 0.274 e. The van der Waals surface area contributed by atoms with Crippen LogP contribution in [0.2, 0.25) is 0 Å². The van der Waals surface area contributed by atoms with Crippen molar-refractivity contribution in [1.82, 2.24) is 9.38 Å². The Morgan fingerprint density at radius 3 is 2.76 bits per heavy atom. The molecule has 0 atom stereocenters. The van der Waals surface area contributed by atoms with Crippen molar-refractivity contribution in [3.8, 4) is 17.6 Å². The highest BCUT2D eigenvalue weighted by molar-refractivity contribution is 14.1. The SMILES string of the molecule is CCOc1cc(/C=c2\sc3nc4ccccc4n3c2=O)cc(I)c1OCc1ccccc1C#N. The average molecular weight is 579 g/mol. The molecule has 2 heterocycles. The Balaban J connectivity index is 1.53. The van der Waals surface area contributed by atoms with Gasteiger partial charge in [-0.3, -0.25) is 4.79 Å². The van der Waals surface area contributed by atoms with E-state index >= 15 is 0 Å². The highest BCUT2D eigenvalue weighted by atomic mass is 127. The highest BCUT2D eigenvalue weighted by Gasteiger charge is 2.15. The first-order valence-electron chi connectivity index (χ1n) is 10.6. The predicted octanol–water partition coefficient (Wildman–Crippen LogP) is 4.91. The molecular weight excluding hydrogens is 561 g/mol. The van der Waals surface area contributed by atoms with E-state index in [1.54, 1.807) is 10.5 Å². The van der Waals surface area contributed by atoms with Gasteiger partial charge in [0.05, 0.1) is 37.4 Å². The molecule has 0 aliphatic rings. The number of imidazole rings is 1. The molecule has 0 saturated heterocycles. The van der Waals surface area contributed by atoms with Crippen LogP contribution in [0.3, 0.4) is 0 Å². The second-order valence-electron chi connectivity index (χ2n) is 7.45. The first-order chi connectivity index (χ1) is 16.6. The minimum absolute atomic E-state index is 0.0879. The van der Waals surface area contributed by atoms with Crippen molar-refractivity contribution in [2.24, 2.45) is 0 Å². The van der Waals surface area contributed by atoms with E-state index in [1.807, 2.05) is 67.6 Å². The lowest BCUT2D eigenvalue weighted by Crippen LogP contribution is -2.22. The number of ether oxygens (including phenoxy) is 2. The third-order valence-electron chi connectivity index (χ3n) is 5.28. The van der Waals surface area contributed by atoms with E-state index in [1.165, 1.54) is 11.3 Å². The standard InChI is InChI=1S/C26H18IN3O3S/c1-2-32-22-12-16(11-19(27)24(22)33-15-18-8-4-3-7-17(18)14-28)13-23-25(31)30-21-10-6-5-9-20(21)29-26(30)34-23/h3-13H,2,15H2,1H3/b23-13-. The number of rotatable bonds is 6. The van der Waals surface area contributed by atoms with Crippen molar-refractivity contribution in [3.05, 3.63) is 95.8 Å². The topological polar surface area (TPSA) is 76.6 Å². The van der Waals surface area contributed by atoms with Gasteiger partial charge in [-0.2, -0.15) is 5.26 Å². The Morgan fingerprint density at radius 1 is 1.15 bits per heavy atom. The Hall–Kier alpha value is -3.42. The summed E-state index contributed by atoms with van der Waals surface area (Å²) < 4.78 is 15.1. The van der Waals surface area contributed by atoms with Gasteiger partial charge >= 0.3 is 0 Å². The van der Waals surface area contributed by atoms with E-state index in [2.05, 4.69) is 33.6 Å². The largest absolute Gasteiger partial charge is 0.490 e. The number of halogens is 1. The van der Waals surface area contributed by atoms with Crippen LogP contribution in [-0.4, -0.2) is 16.0 Å². The first kappa shape index (κ1) is 22.4. The summed E-state index contributed by atoms with van der Waals surface area (Å²) in [5.74, 6) is 1.20. The Labute approximate surface area is 212 Å². The van der Waals surface area contributed by atoms with Gasteiger partial charge in [-0.1, -0.05) is 41.7 Å². The van der Waals surface area contributed by atoms with Crippen LogP contribution >= 0.6 is 33.9 Å². The quantitative estimate of drug-likeness (QED) is 0.268. The molecule has 0 unspecified atom stereocenters. The number of hydrogen-bond acceptors (Lipinski definition) is 6. The molecule has 5 aromatic rings. The summed E-state index contributed by atoms with van der Waals surface area (Å²) in [5.41, 5.74) is 3.76. The van der Waals surface area contributed by atoms with E-state index in [9.17, 15) is 10.1 Å². The maximum absolute atomic E-state index is 13.1. The summed E-state index contributed by atoms with van der Waals surface area (Å²) >= 11 is 3.57. The molecule has 6 nitrogen and oxygen atoms in total. The molecule has 8 heteroatoms. The van der Waals surface area contributed by atoms with E-state index in [4.69, 9.17) is 9.47 Å². The number of benzene rings is 3. The monoisotopic (exact) mass is 579 g/mol. The number of nitriles is 1. The summed E-state index contributed by atoms with van der Waals surface area (Å²) in [6, 6.07) is 21.0. The zero-order chi connectivity index (χ0) is 23.7. The number of para-hydroxylation sites is 2. The van der Waals surface area contributed by atoms with Gasteiger partial charge < -0.3 is 9.47 Å². The minimum atomic E-state index is -0.0879. The molecule has 168 valence electrons. The van der Waals surface area contributed by atoms with Gasteiger partial charge in [-0.05, 0) is 71.5 Å². The van der Waals surface area contributed by atoms with Crippen LogP contribution in [0.4, 0.5) is 0 Å². The molecular formula is C26H18IN3O3S. The number of thiazole rings is 1. The lowest BCUT2D eigenvalue weighted by molar-refractivity contribution is 0.267. The van der Waals surface area contributed by atoms with Gasteiger partial charge in [0.15, 0.2) is 16.5 Å². The van der Waals surface area contributed by atoms with Gasteiger partial charge in [-0.15, -0.1) is 0 Å². The normalized spacial score (nSPS) is 11.7. The number of aromatic nitrogens is 2. The first-order valence-corrected chi connectivity index (χ1v) is 12.5. The maximum Gasteiger partial charge on any atom is 0.274 e. The van der Waals surface area contributed by atoms with Crippen LogP contribution in [0.5, 0.6) is 11.5 Å². The van der Waals surface area contributed by atoms with E-state index < -0.39 is 0 Å². The van der Waals surface area contributed by atoms with Gasteiger partial charge in [0.25, 0.3) is 5.56 Å². The van der Waals surface area contributed by atoms with Crippen molar-refractivity contribution in [2.45, 2.75) is 13.5 Å². The molecule has 0 spiro atoms. The van der Waals surface area contributed by atoms with Crippen LogP contribution in [0, 0.1) is 14.9 Å². The Morgan fingerprint density at radius 2 is 1.94 bits per heavy atom. The molecule has 0 aliphatic heterocycles. The van der Waals surface area contributed by atoms with E-state index in [0.29, 0.717) is 33.2 Å². The Kier molecular flexibility index (Phi) is 6.22. The van der Waals surface area contributed by atoms with Crippen molar-refractivity contribution in [1.29, 1.82) is 5.26 Å². The molecule has 0 saturated carbocycles. The summed E-state index contributed by atoms with van der Waals surface area (Å²) in [5, 5.41) is 9.34. The maximum atomic E-state index is 13.1. The molecule has 5 rings (SSSR count). The molecule has 3 aromatic carbocycles. The third kappa shape index (κ3) is 4.13. The van der Waals surface area contributed by atoms with Gasteiger partial charge in [0, 0.05) is 5.56 Å². The molecule has 0 N–H and O–H groups in total. The number of fused-ring (bicyclic) bond motifs is 3. The zero-order valence-corrected chi connectivity index (χ0v) is 21.1. The summed E-state index contributed by atoms with van der Waals surface area (Å²) in [6.45, 7) is 2.63. The van der Waals surface area contributed by atoms with Gasteiger partial charge in [-0.25, -0.2) is 9.38 Å². The minimum Gasteiger partial charge on any atom is -0.490 e. The van der Waals surface area contributed by atoms with Crippen molar-refractivity contribution >= 4 is 56.0 Å². The van der Waals surface area contributed by atoms with E-state index in [-0.39, 0.29) is 12.2 Å². The molecule has 0 fully saturated rings. The molecule has 0 aliphatic carbocycles. The van der Waals surface area contributed by atoms with Crippen LogP contribution in [0.15, 0.2) is 65.5 Å². The van der Waals surface area contributed by atoms with E-state index in [0.717, 1.165) is 25.7 Å². The molecule has 0 bridgehead atoms. The van der Waals surface area contributed by atoms with Crippen LogP contribution in [0.25, 0.3) is 22.1 Å². The zero-order valence-electron chi connectivity index (χ0n) is 18.1. The number of hydrogen-bond donors (Lipinski definition) is 0. The Bertz CT molecular complexity index is 1680. The van der Waals surface area contributed by atoms with Crippen LogP contribution < -0.4 is 19.6 Å². The van der Waals surface area contributed by atoms with Crippen molar-refractivity contribution in [3.63, 3.8) is 0 Å². The predicted molar refractivity (Wildman–Crippen MR) is 141 cm³/mol. The average Bonchev–Trinajstić information content (AvgIpc) is 3.35. The fourth-order valence-corrected chi connectivity index (χ4v) is 5.51.